The number of aliphatic hydroxyl groups is 2. The normalized spacial score (nSPS) is 28.0. The minimum atomic E-state index is -2.27. The average Bonchev–Trinajstić information content (AvgIpc) is 3.15. The predicted octanol–water partition coefficient (Wildman–Crippen LogP) is 0.302. The molecule has 4 N–H and O–H groups in total. The summed E-state index contributed by atoms with van der Waals surface area (Å²) >= 11 is 0. The van der Waals surface area contributed by atoms with E-state index in [9.17, 15) is 9.59 Å². The van der Waals surface area contributed by atoms with E-state index in [0.29, 0.717) is 6.04 Å². The molecule has 10 heteroatoms. The highest BCUT2D eigenvalue weighted by Crippen LogP contribution is 2.62. The molecule has 1 aromatic carbocycles. The molecule has 0 aromatic heterocycles. The number of nitrogens with zero attached hydrogens (tertiary/aromatic N) is 1. The van der Waals surface area contributed by atoms with Crippen LogP contribution in [0.5, 0.6) is 11.5 Å². The maximum absolute atomic E-state index is 9.77. The van der Waals surface area contributed by atoms with Crippen molar-refractivity contribution in [1.82, 2.24) is 4.90 Å². The van der Waals surface area contributed by atoms with Crippen molar-refractivity contribution in [1.29, 1.82) is 0 Å². The lowest BCUT2D eigenvalue weighted by Gasteiger charge is -2.52. The van der Waals surface area contributed by atoms with Crippen LogP contribution >= 0.6 is 0 Å². The third kappa shape index (κ3) is 3.36. The number of hydrogen-bond donors (Lipinski definition) is 4. The van der Waals surface area contributed by atoms with Gasteiger partial charge in [-0.05, 0) is 49.7 Å². The van der Waals surface area contributed by atoms with Crippen molar-refractivity contribution >= 4 is 11.9 Å². The van der Waals surface area contributed by atoms with Crippen LogP contribution in [0.1, 0.15) is 17.5 Å². The van der Waals surface area contributed by atoms with Gasteiger partial charge in [0.15, 0.2) is 29.8 Å². The first-order chi connectivity index (χ1) is 15.7. The summed E-state index contributed by atoms with van der Waals surface area (Å²) in [6, 6.07) is 4.72. The van der Waals surface area contributed by atoms with Crippen molar-refractivity contribution in [2.45, 2.75) is 42.6 Å². The molecule has 178 valence electrons. The molecule has 2 bridgehead atoms. The van der Waals surface area contributed by atoms with Crippen LogP contribution in [0.15, 0.2) is 35.6 Å². The summed E-state index contributed by atoms with van der Waals surface area (Å²) in [4.78, 5) is 22.0. The highest BCUT2D eigenvalue weighted by atomic mass is 16.6. The molecule has 0 radical (unpaired) electrons. The number of rotatable bonds is 5. The molecule has 1 spiro atoms. The zero-order chi connectivity index (χ0) is 24.1. The Hall–Kier alpha value is -3.08. The highest BCUT2D eigenvalue weighted by molar-refractivity contribution is 5.83. The summed E-state index contributed by atoms with van der Waals surface area (Å²) < 4.78 is 17.7. The molecule has 2 aliphatic carbocycles. The largest absolute Gasteiger partial charge is 0.497 e. The highest BCUT2D eigenvalue weighted by Gasteiger charge is 2.62. The van der Waals surface area contributed by atoms with Crippen LogP contribution in [0.4, 0.5) is 0 Å². The van der Waals surface area contributed by atoms with Crippen LogP contribution in [0.2, 0.25) is 0 Å². The van der Waals surface area contributed by atoms with Gasteiger partial charge in [0.25, 0.3) is 0 Å². The fourth-order valence-corrected chi connectivity index (χ4v) is 5.37. The van der Waals surface area contributed by atoms with E-state index in [1.165, 1.54) is 16.7 Å². The summed E-state index contributed by atoms with van der Waals surface area (Å²) in [6.45, 7) is 1.08. The fourth-order valence-electron chi connectivity index (χ4n) is 5.37. The van der Waals surface area contributed by atoms with E-state index in [4.69, 9.17) is 34.6 Å². The number of hydrogen-bond acceptors (Lipinski definition) is 8. The quantitative estimate of drug-likeness (QED) is 0.483. The Morgan fingerprint density at radius 1 is 1.12 bits per heavy atom. The van der Waals surface area contributed by atoms with E-state index in [2.05, 4.69) is 30.2 Å². The van der Waals surface area contributed by atoms with E-state index in [1.54, 1.807) is 14.2 Å². The van der Waals surface area contributed by atoms with Gasteiger partial charge in [-0.2, -0.15) is 0 Å². The van der Waals surface area contributed by atoms with Crippen LogP contribution in [0.25, 0.3) is 0 Å². The van der Waals surface area contributed by atoms with Crippen molar-refractivity contribution in [2.75, 3.05) is 27.8 Å². The third-order valence-corrected chi connectivity index (χ3v) is 6.96. The van der Waals surface area contributed by atoms with Gasteiger partial charge in [0.2, 0.25) is 0 Å². The number of likely N-dealkylation sites (N-methyl/N-ethyl adjacent to an activating group) is 1. The number of ether oxygens (including phenoxy) is 3. The number of methoxy groups -OCH3 is 2. The van der Waals surface area contributed by atoms with Crippen LogP contribution in [0.3, 0.4) is 0 Å². The average molecular weight is 461 g/mol. The SMILES string of the molecule is COC1=CC=C2[C@H]3Cc4ccc(OC)c5c4[C@@]2(CCN3C)[C@H]1O5.O=C(O)C(O)C(O)C(=O)O. The molecule has 10 nitrogen and oxygen atoms in total. The van der Waals surface area contributed by atoms with Crippen LogP contribution in [0, 0.1) is 0 Å². The molecule has 4 aliphatic rings. The molecular formula is C23H27NO9. The van der Waals surface area contributed by atoms with Crippen molar-refractivity contribution in [3.8, 4) is 11.5 Å². The number of likely N-dealkylation sites (tertiary alicyclic amines) is 1. The molecule has 2 unspecified atom stereocenters. The Labute approximate surface area is 190 Å². The molecule has 2 heterocycles. The molecule has 1 aromatic rings. The maximum Gasteiger partial charge on any atom is 0.335 e. The molecule has 5 rings (SSSR count). The second-order valence-electron chi connectivity index (χ2n) is 8.51. The number of aliphatic hydroxyl groups excluding tert-OH is 2. The molecule has 1 fully saturated rings. The minimum Gasteiger partial charge on any atom is -0.497 e. The Kier molecular flexibility index (Phi) is 5.85. The lowest BCUT2D eigenvalue weighted by atomic mass is 9.57. The fraction of sp³-hybridized carbons (Fsp3) is 0.478. The summed E-state index contributed by atoms with van der Waals surface area (Å²) in [7, 11) is 5.68. The smallest absolute Gasteiger partial charge is 0.335 e. The van der Waals surface area contributed by atoms with E-state index in [1.807, 2.05) is 6.07 Å². The van der Waals surface area contributed by atoms with Gasteiger partial charge in [-0.3, -0.25) is 4.90 Å². The molecule has 5 atom stereocenters. The Bertz CT molecular complexity index is 1030. The molecule has 33 heavy (non-hydrogen) atoms. The van der Waals surface area contributed by atoms with Gasteiger partial charge in [-0.25, -0.2) is 9.59 Å². The van der Waals surface area contributed by atoms with Gasteiger partial charge in [-0.1, -0.05) is 12.1 Å². The van der Waals surface area contributed by atoms with Crippen molar-refractivity contribution < 1.29 is 44.2 Å². The number of carbonyl (C=O) groups is 2. The first-order valence-corrected chi connectivity index (χ1v) is 10.5. The minimum absolute atomic E-state index is 0.0611. The Balaban J connectivity index is 0.000000223. The molecule has 0 amide bonds. The van der Waals surface area contributed by atoms with E-state index < -0.39 is 24.1 Å². The van der Waals surface area contributed by atoms with Crippen LogP contribution in [-0.2, 0) is 26.2 Å². The predicted molar refractivity (Wildman–Crippen MR) is 114 cm³/mol. The summed E-state index contributed by atoms with van der Waals surface area (Å²) in [5, 5.41) is 32.5. The Morgan fingerprint density at radius 2 is 1.79 bits per heavy atom. The van der Waals surface area contributed by atoms with Gasteiger partial charge >= 0.3 is 11.9 Å². The monoisotopic (exact) mass is 461 g/mol. The number of carboxylic acid groups (broad SMARTS) is 2. The zero-order valence-corrected chi connectivity index (χ0v) is 18.5. The number of aliphatic carboxylic acids is 2. The van der Waals surface area contributed by atoms with E-state index in [-0.39, 0.29) is 11.5 Å². The number of carboxylic acids is 2. The number of piperidine rings is 1. The van der Waals surface area contributed by atoms with Gasteiger partial charge in [0.05, 0.1) is 19.6 Å². The van der Waals surface area contributed by atoms with Gasteiger partial charge in [0.1, 0.15) is 5.76 Å². The lowest BCUT2D eigenvalue weighted by molar-refractivity contribution is -0.165. The number of benzene rings is 1. The first kappa shape index (κ1) is 23.1. The maximum atomic E-state index is 9.77. The molecule has 1 saturated heterocycles. The lowest BCUT2D eigenvalue weighted by Crippen LogP contribution is -2.58. The van der Waals surface area contributed by atoms with Crippen molar-refractivity contribution in [2.24, 2.45) is 0 Å². The van der Waals surface area contributed by atoms with Gasteiger partial charge < -0.3 is 34.6 Å². The van der Waals surface area contributed by atoms with Crippen molar-refractivity contribution in [3.63, 3.8) is 0 Å². The topological polar surface area (TPSA) is 146 Å². The molecule has 0 saturated carbocycles. The first-order valence-electron chi connectivity index (χ1n) is 10.5. The standard InChI is InChI=1S/C19H21NO3.C4H6O6/c1-20-9-8-19-12-5-7-15(22-3)18(19)23-17-14(21-2)6-4-11(16(17)19)10-13(12)20;5-1(3(7)8)2(6)4(9)10/h4-7,13,18H,8-10H2,1-3H3;1-2,5-6H,(H,7,8)(H,9,10)/t13-,18+,19+;/m1./s1. The second-order valence-corrected chi connectivity index (χ2v) is 8.51. The third-order valence-electron chi connectivity index (χ3n) is 6.96. The molecular weight excluding hydrogens is 434 g/mol. The zero-order valence-electron chi connectivity index (χ0n) is 18.5. The number of allylic oxidation sites excluding steroid dienone is 2. The van der Waals surface area contributed by atoms with Crippen LogP contribution < -0.4 is 9.47 Å². The van der Waals surface area contributed by atoms with Gasteiger partial charge in [-0.15, -0.1) is 0 Å². The summed E-state index contributed by atoms with van der Waals surface area (Å²) in [5.74, 6) is -0.860. The van der Waals surface area contributed by atoms with Gasteiger partial charge in [0, 0.05) is 11.6 Å². The second kappa shape index (κ2) is 8.36. The van der Waals surface area contributed by atoms with Crippen LogP contribution in [-0.4, -0.2) is 89.4 Å². The van der Waals surface area contributed by atoms with Crippen molar-refractivity contribution in [3.05, 3.63) is 46.7 Å². The van der Waals surface area contributed by atoms with E-state index >= 15 is 0 Å². The van der Waals surface area contributed by atoms with E-state index in [0.717, 1.165) is 36.6 Å². The Morgan fingerprint density at radius 3 is 2.36 bits per heavy atom. The summed E-state index contributed by atoms with van der Waals surface area (Å²) in [6.07, 6.45) is 1.88. The summed E-state index contributed by atoms with van der Waals surface area (Å²) in [5.41, 5.74) is 4.15. The molecule has 2 aliphatic heterocycles.